The van der Waals surface area contributed by atoms with Crippen LogP contribution in [0.3, 0.4) is 0 Å². The monoisotopic (exact) mass is 350 g/mol. The third-order valence-corrected chi connectivity index (χ3v) is 3.69. The molecule has 1 amide bonds. The number of carbonyl (C=O) groups is 1. The minimum absolute atomic E-state index is 0.0868. The number of alkyl halides is 3. The number of halogens is 4. The first-order valence-electron chi connectivity index (χ1n) is 7.37. The van der Waals surface area contributed by atoms with E-state index in [2.05, 4.69) is 15.0 Å². The Bertz CT molecular complexity index is 601. The zero-order valence-electron chi connectivity index (χ0n) is 12.7. The van der Waals surface area contributed by atoms with Gasteiger partial charge in [0.2, 0.25) is 5.88 Å². The van der Waals surface area contributed by atoms with Crippen LogP contribution in [0, 0.1) is 5.82 Å². The standard InChI is InChI=1S/C14H18F4N4O2/c15-10-5-9(11(20)23)13(24-6-14(16,17)18)22-12(10)21-8-3-1-7(19)2-4-8/h5,7-8H,1-4,6,19H2,(H2,20,23)(H,21,22). The molecule has 5 N–H and O–H groups in total. The molecule has 6 nitrogen and oxygen atoms in total. The summed E-state index contributed by atoms with van der Waals surface area (Å²) in [6.07, 6.45) is -1.78. The van der Waals surface area contributed by atoms with Crippen LogP contribution in [-0.4, -0.2) is 35.8 Å². The Morgan fingerprint density at radius 3 is 2.50 bits per heavy atom. The second kappa shape index (κ2) is 7.20. The summed E-state index contributed by atoms with van der Waals surface area (Å²) in [4.78, 5) is 14.9. The summed E-state index contributed by atoms with van der Waals surface area (Å²) in [7, 11) is 0. The zero-order valence-corrected chi connectivity index (χ0v) is 12.7. The van der Waals surface area contributed by atoms with Gasteiger partial charge in [-0.15, -0.1) is 0 Å². The van der Waals surface area contributed by atoms with Crippen molar-refractivity contribution >= 4 is 11.7 Å². The molecule has 1 aliphatic carbocycles. The number of aromatic nitrogens is 1. The molecule has 0 radical (unpaired) electrons. The number of hydrogen-bond donors (Lipinski definition) is 3. The molecule has 0 saturated heterocycles. The highest BCUT2D eigenvalue weighted by Gasteiger charge is 2.30. The SMILES string of the molecule is NC(=O)c1cc(F)c(NC2CCC(N)CC2)nc1OCC(F)(F)F. The molecule has 134 valence electrons. The smallest absolute Gasteiger partial charge is 0.422 e. The summed E-state index contributed by atoms with van der Waals surface area (Å²) in [6.45, 7) is -1.66. The first-order chi connectivity index (χ1) is 11.2. The molecule has 1 aromatic rings. The number of pyridine rings is 1. The minimum atomic E-state index is -4.63. The maximum Gasteiger partial charge on any atom is 0.422 e. The Balaban J connectivity index is 2.20. The first kappa shape index (κ1) is 18.2. The lowest BCUT2D eigenvalue weighted by Crippen LogP contribution is -2.33. The third-order valence-electron chi connectivity index (χ3n) is 3.69. The molecule has 24 heavy (non-hydrogen) atoms. The molecule has 1 fully saturated rings. The highest BCUT2D eigenvalue weighted by molar-refractivity contribution is 5.95. The van der Waals surface area contributed by atoms with E-state index in [1.165, 1.54) is 0 Å². The van der Waals surface area contributed by atoms with E-state index in [-0.39, 0.29) is 17.9 Å². The number of anilines is 1. The summed E-state index contributed by atoms with van der Waals surface area (Å²) in [5.74, 6) is -2.96. The summed E-state index contributed by atoms with van der Waals surface area (Å²) < 4.78 is 55.4. The van der Waals surface area contributed by atoms with E-state index in [0.29, 0.717) is 12.8 Å². The van der Waals surface area contributed by atoms with Crippen LogP contribution < -0.4 is 21.5 Å². The summed E-state index contributed by atoms with van der Waals surface area (Å²) >= 11 is 0. The molecule has 0 atom stereocenters. The van der Waals surface area contributed by atoms with Crippen molar-refractivity contribution in [1.29, 1.82) is 0 Å². The van der Waals surface area contributed by atoms with Crippen molar-refractivity contribution in [2.45, 2.75) is 43.9 Å². The van der Waals surface area contributed by atoms with Gasteiger partial charge in [-0.2, -0.15) is 18.2 Å². The number of rotatable bonds is 5. The van der Waals surface area contributed by atoms with Crippen LogP contribution in [0.2, 0.25) is 0 Å². The van der Waals surface area contributed by atoms with Gasteiger partial charge in [0.25, 0.3) is 5.91 Å². The van der Waals surface area contributed by atoms with Crippen molar-refractivity contribution in [3.05, 3.63) is 17.4 Å². The lowest BCUT2D eigenvalue weighted by Gasteiger charge is -2.27. The zero-order chi connectivity index (χ0) is 17.9. The number of ether oxygens (including phenoxy) is 1. The Morgan fingerprint density at radius 1 is 1.33 bits per heavy atom. The summed E-state index contributed by atoms with van der Waals surface area (Å²) in [5.41, 5.74) is 10.3. The van der Waals surface area contributed by atoms with Crippen LogP contribution >= 0.6 is 0 Å². The molecule has 0 aliphatic heterocycles. The number of primary amides is 1. The normalized spacial score (nSPS) is 21.4. The van der Waals surface area contributed by atoms with Gasteiger partial charge in [0, 0.05) is 12.1 Å². The van der Waals surface area contributed by atoms with Gasteiger partial charge >= 0.3 is 6.18 Å². The number of nitrogens with zero attached hydrogens (tertiary/aromatic N) is 1. The molecule has 1 aromatic heterocycles. The van der Waals surface area contributed by atoms with Crippen LogP contribution in [-0.2, 0) is 0 Å². The fourth-order valence-electron chi connectivity index (χ4n) is 2.47. The Hall–Kier alpha value is -2.10. The van der Waals surface area contributed by atoms with E-state index < -0.39 is 36.0 Å². The van der Waals surface area contributed by atoms with Crippen LogP contribution in [0.4, 0.5) is 23.4 Å². The molecule has 0 bridgehead atoms. The molecule has 1 saturated carbocycles. The Morgan fingerprint density at radius 2 is 1.96 bits per heavy atom. The van der Waals surface area contributed by atoms with Gasteiger partial charge < -0.3 is 21.5 Å². The fourth-order valence-corrected chi connectivity index (χ4v) is 2.47. The van der Waals surface area contributed by atoms with Crippen molar-refractivity contribution < 1.29 is 27.1 Å². The van der Waals surface area contributed by atoms with Crippen LogP contribution in [0.15, 0.2) is 6.07 Å². The van der Waals surface area contributed by atoms with Gasteiger partial charge in [-0.1, -0.05) is 0 Å². The molecule has 0 spiro atoms. The van der Waals surface area contributed by atoms with Crippen molar-refractivity contribution in [2.75, 3.05) is 11.9 Å². The van der Waals surface area contributed by atoms with Gasteiger partial charge in [-0.3, -0.25) is 4.79 Å². The predicted octanol–water partition coefficient (Wildman–Crippen LogP) is 1.94. The highest BCUT2D eigenvalue weighted by Crippen LogP contribution is 2.27. The third kappa shape index (κ3) is 4.95. The number of hydrogen-bond acceptors (Lipinski definition) is 5. The molecule has 1 heterocycles. The number of nitrogens with two attached hydrogens (primary N) is 2. The largest absolute Gasteiger partial charge is 0.467 e. The van der Waals surface area contributed by atoms with E-state index in [4.69, 9.17) is 11.5 Å². The predicted molar refractivity (Wildman–Crippen MR) is 78.1 cm³/mol. The van der Waals surface area contributed by atoms with E-state index in [1.54, 1.807) is 0 Å². The maximum absolute atomic E-state index is 14.1. The van der Waals surface area contributed by atoms with Gasteiger partial charge in [0.05, 0.1) is 0 Å². The average Bonchev–Trinajstić information content (AvgIpc) is 2.48. The molecule has 1 aliphatic rings. The summed E-state index contributed by atoms with van der Waals surface area (Å²) in [5, 5.41) is 2.82. The van der Waals surface area contributed by atoms with Crippen LogP contribution in [0.25, 0.3) is 0 Å². The molecular formula is C14H18F4N4O2. The van der Waals surface area contributed by atoms with E-state index in [1.807, 2.05) is 0 Å². The van der Waals surface area contributed by atoms with Gasteiger partial charge in [0.15, 0.2) is 18.2 Å². The van der Waals surface area contributed by atoms with Crippen LogP contribution in [0.5, 0.6) is 5.88 Å². The molecule has 0 unspecified atom stereocenters. The van der Waals surface area contributed by atoms with Gasteiger partial charge in [-0.25, -0.2) is 4.39 Å². The van der Waals surface area contributed by atoms with Gasteiger partial charge in [0.1, 0.15) is 5.56 Å². The van der Waals surface area contributed by atoms with E-state index >= 15 is 0 Å². The average molecular weight is 350 g/mol. The topological polar surface area (TPSA) is 103 Å². The Kier molecular flexibility index (Phi) is 5.47. The molecular weight excluding hydrogens is 332 g/mol. The minimum Gasteiger partial charge on any atom is -0.467 e. The van der Waals surface area contributed by atoms with E-state index in [9.17, 15) is 22.4 Å². The van der Waals surface area contributed by atoms with Crippen molar-refractivity contribution in [1.82, 2.24) is 4.98 Å². The number of carbonyl (C=O) groups excluding carboxylic acids is 1. The van der Waals surface area contributed by atoms with Gasteiger partial charge in [-0.05, 0) is 31.7 Å². The molecule has 0 aromatic carbocycles. The lowest BCUT2D eigenvalue weighted by atomic mass is 9.92. The number of nitrogens with one attached hydrogen (secondary N) is 1. The lowest BCUT2D eigenvalue weighted by molar-refractivity contribution is -0.154. The van der Waals surface area contributed by atoms with Crippen molar-refractivity contribution in [3.63, 3.8) is 0 Å². The quantitative estimate of drug-likeness (QED) is 0.704. The second-order valence-corrected chi connectivity index (χ2v) is 5.70. The van der Waals surface area contributed by atoms with Crippen LogP contribution in [0.1, 0.15) is 36.0 Å². The van der Waals surface area contributed by atoms with Crippen molar-refractivity contribution in [2.24, 2.45) is 11.5 Å². The fraction of sp³-hybridized carbons (Fsp3) is 0.571. The summed E-state index contributed by atoms with van der Waals surface area (Å²) in [6, 6.07) is 0.697. The second-order valence-electron chi connectivity index (χ2n) is 5.70. The van der Waals surface area contributed by atoms with E-state index in [0.717, 1.165) is 18.9 Å². The Labute approximate surface area is 135 Å². The maximum atomic E-state index is 14.1. The molecule has 10 heteroatoms. The van der Waals surface area contributed by atoms with Crippen molar-refractivity contribution in [3.8, 4) is 5.88 Å². The first-order valence-corrected chi connectivity index (χ1v) is 7.37. The molecule has 2 rings (SSSR count). The highest BCUT2D eigenvalue weighted by atomic mass is 19.4. The number of amides is 1.